The zero-order valence-electron chi connectivity index (χ0n) is 9.48. The van der Waals surface area contributed by atoms with E-state index in [0.717, 1.165) is 14.4 Å². The van der Waals surface area contributed by atoms with Crippen LogP contribution in [0.4, 0.5) is 0 Å². The van der Waals surface area contributed by atoms with Gasteiger partial charge in [-0.05, 0) is 35.1 Å². The first-order valence-corrected chi connectivity index (χ1v) is 6.64. The molecule has 2 rings (SSSR count). The third-order valence-corrected chi connectivity index (χ3v) is 4.01. The quantitative estimate of drug-likeness (QED) is 0.942. The first kappa shape index (κ1) is 12.5. The van der Waals surface area contributed by atoms with Gasteiger partial charge in [0.2, 0.25) is 5.88 Å². The number of ether oxygens (including phenoxy) is 1. The molecule has 2 heterocycles. The van der Waals surface area contributed by atoms with Crippen molar-refractivity contribution in [1.82, 2.24) is 15.3 Å². The second-order valence-corrected chi connectivity index (χ2v) is 5.81. The van der Waals surface area contributed by atoms with E-state index in [1.807, 2.05) is 13.1 Å². The molecule has 1 unspecified atom stereocenters. The fourth-order valence-corrected chi connectivity index (χ4v) is 3.13. The fourth-order valence-electron chi connectivity index (χ4n) is 1.59. The normalized spacial score (nSPS) is 12.4. The molecule has 0 amide bonds. The number of thiophene rings is 1. The number of rotatable bonds is 4. The van der Waals surface area contributed by atoms with E-state index in [1.165, 1.54) is 0 Å². The van der Waals surface area contributed by atoms with E-state index in [2.05, 4.69) is 37.3 Å². The van der Waals surface area contributed by atoms with Crippen molar-refractivity contribution in [3.63, 3.8) is 0 Å². The maximum atomic E-state index is 5.24. The Morgan fingerprint density at radius 3 is 2.71 bits per heavy atom. The van der Waals surface area contributed by atoms with Crippen LogP contribution in [0.5, 0.6) is 5.88 Å². The first-order chi connectivity index (χ1) is 8.26. The van der Waals surface area contributed by atoms with Crippen molar-refractivity contribution in [2.75, 3.05) is 14.2 Å². The summed E-state index contributed by atoms with van der Waals surface area (Å²) in [7, 11) is 3.50. The molecule has 0 spiro atoms. The van der Waals surface area contributed by atoms with Gasteiger partial charge in [-0.15, -0.1) is 11.3 Å². The third kappa shape index (κ3) is 2.65. The molecule has 0 aliphatic rings. The minimum Gasteiger partial charge on any atom is -0.480 e. The minimum absolute atomic E-state index is 0.00468. The average molecular weight is 314 g/mol. The van der Waals surface area contributed by atoms with Crippen LogP contribution < -0.4 is 10.1 Å². The highest BCUT2D eigenvalue weighted by Crippen LogP contribution is 2.32. The van der Waals surface area contributed by atoms with Gasteiger partial charge < -0.3 is 10.1 Å². The van der Waals surface area contributed by atoms with Crippen LogP contribution in [0.25, 0.3) is 0 Å². The SMILES string of the molecule is CNC(c1ccc(Br)s1)c1nccnc1OC. The van der Waals surface area contributed by atoms with E-state index in [0.29, 0.717) is 5.88 Å². The van der Waals surface area contributed by atoms with Crippen molar-refractivity contribution >= 4 is 27.3 Å². The van der Waals surface area contributed by atoms with Crippen molar-refractivity contribution in [2.24, 2.45) is 0 Å². The van der Waals surface area contributed by atoms with E-state index in [9.17, 15) is 0 Å². The van der Waals surface area contributed by atoms with Gasteiger partial charge in [0.1, 0.15) is 5.69 Å². The van der Waals surface area contributed by atoms with Crippen molar-refractivity contribution in [2.45, 2.75) is 6.04 Å². The summed E-state index contributed by atoms with van der Waals surface area (Å²) in [5.41, 5.74) is 0.798. The van der Waals surface area contributed by atoms with Crippen molar-refractivity contribution in [3.05, 3.63) is 38.9 Å². The summed E-state index contributed by atoms with van der Waals surface area (Å²) in [5.74, 6) is 0.552. The van der Waals surface area contributed by atoms with Gasteiger partial charge in [-0.25, -0.2) is 4.98 Å². The van der Waals surface area contributed by atoms with Crippen LogP contribution in [0.2, 0.25) is 0 Å². The highest BCUT2D eigenvalue weighted by molar-refractivity contribution is 9.11. The number of nitrogens with zero attached hydrogens (tertiary/aromatic N) is 2. The number of methoxy groups -OCH3 is 1. The van der Waals surface area contributed by atoms with Crippen LogP contribution in [0.15, 0.2) is 28.3 Å². The molecule has 4 nitrogen and oxygen atoms in total. The lowest BCUT2D eigenvalue weighted by atomic mass is 10.1. The van der Waals surface area contributed by atoms with E-state index < -0.39 is 0 Å². The zero-order chi connectivity index (χ0) is 12.3. The molecule has 2 aromatic rings. The van der Waals surface area contributed by atoms with E-state index in [1.54, 1.807) is 30.8 Å². The molecule has 0 radical (unpaired) electrons. The van der Waals surface area contributed by atoms with Crippen molar-refractivity contribution < 1.29 is 4.74 Å². The summed E-state index contributed by atoms with van der Waals surface area (Å²) < 4.78 is 6.33. The number of hydrogen-bond donors (Lipinski definition) is 1. The van der Waals surface area contributed by atoms with Crippen molar-refractivity contribution in [1.29, 1.82) is 0 Å². The largest absolute Gasteiger partial charge is 0.480 e. The van der Waals surface area contributed by atoms with Gasteiger partial charge in [0, 0.05) is 17.3 Å². The molecule has 0 bridgehead atoms. The Bertz CT molecular complexity index is 503. The molecule has 90 valence electrons. The van der Waals surface area contributed by atoms with Gasteiger partial charge in [-0.3, -0.25) is 4.98 Å². The third-order valence-electron chi connectivity index (χ3n) is 2.33. The molecule has 0 saturated heterocycles. The maximum Gasteiger partial charge on any atom is 0.237 e. The number of aromatic nitrogens is 2. The predicted octanol–water partition coefficient (Wildman–Crippen LogP) is 2.62. The lowest BCUT2D eigenvalue weighted by Gasteiger charge is -2.15. The molecule has 1 atom stereocenters. The number of halogens is 1. The second kappa shape index (κ2) is 5.57. The second-order valence-electron chi connectivity index (χ2n) is 3.31. The molecule has 0 aliphatic heterocycles. The molecule has 1 N–H and O–H groups in total. The lowest BCUT2D eigenvalue weighted by Crippen LogP contribution is -2.19. The summed E-state index contributed by atoms with van der Waals surface area (Å²) in [6, 6.07) is 4.08. The Kier molecular flexibility index (Phi) is 4.09. The van der Waals surface area contributed by atoms with Crippen LogP contribution in [0.3, 0.4) is 0 Å². The molecule has 2 aromatic heterocycles. The first-order valence-electron chi connectivity index (χ1n) is 5.03. The maximum absolute atomic E-state index is 5.24. The fraction of sp³-hybridized carbons (Fsp3) is 0.273. The van der Waals surface area contributed by atoms with Gasteiger partial charge in [-0.2, -0.15) is 0 Å². The van der Waals surface area contributed by atoms with Gasteiger partial charge in [0.05, 0.1) is 16.9 Å². The van der Waals surface area contributed by atoms with Crippen LogP contribution in [0, 0.1) is 0 Å². The Morgan fingerprint density at radius 2 is 2.12 bits per heavy atom. The summed E-state index contributed by atoms with van der Waals surface area (Å²) in [6.07, 6.45) is 3.30. The summed E-state index contributed by atoms with van der Waals surface area (Å²) in [6.45, 7) is 0. The van der Waals surface area contributed by atoms with E-state index >= 15 is 0 Å². The molecule has 0 aliphatic carbocycles. The van der Waals surface area contributed by atoms with Gasteiger partial charge in [0.15, 0.2) is 0 Å². The average Bonchev–Trinajstić information content (AvgIpc) is 2.77. The highest BCUT2D eigenvalue weighted by Gasteiger charge is 2.20. The molecule has 0 aromatic carbocycles. The molecule has 6 heteroatoms. The lowest BCUT2D eigenvalue weighted by molar-refractivity contribution is 0.384. The molecule has 17 heavy (non-hydrogen) atoms. The Morgan fingerprint density at radius 1 is 1.35 bits per heavy atom. The number of hydrogen-bond acceptors (Lipinski definition) is 5. The summed E-state index contributed by atoms with van der Waals surface area (Å²) >= 11 is 5.13. The highest BCUT2D eigenvalue weighted by atomic mass is 79.9. The Labute approximate surface area is 112 Å². The topological polar surface area (TPSA) is 47.0 Å². The molecular weight excluding hydrogens is 302 g/mol. The smallest absolute Gasteiger partial charge is 0.237 e. The molecule has 0 saturated carbocycles. The van der Waals surface area contributed by atoms with Gasteiger partial charge >= 0.3 is 0 Å². The number of nitrogens with one attached hydrogen (secondary N) is 1. The monoisotopic (exact) mass is 313 g/mol. The van der Waals surface area contributed by atoms with Crippen LogP contribution in [0.1, 0.15) is 16.6 Å². The Hall–Kier alpha value is -0.980. The zero-order valence-corrected chi connectivity index (χ0v) is 11.9. The summed E-state index contributed by atoms with van der Waals surface area (Å²) in [5, 5.41) is 3.23. The molecule has 0 fully saturated rings. The predicted molar refractivity (Wildman–Crippen MR) is 71.5 cm³/mol. The van der Waals surface area contributed by atoms with E-state index in [-0.39, 0.29) is 6.04 Å². The van der Waals surface area contributed by atoms with Gasteiger partial charge in [-0.1, -0.05) is 0 Å². The Balaban J connectivity index is 2.41. The van der Waals surface area contributed by atoms with Crippen LogP contribution in [-0.2, 0) is 0 Å². The molecular formula is C11H12BrN3OS. The standard InChI is InChI=1S/C11H12BrN3OS/c1-13-9(7-3-4-8(12)17-7)10-11(16-2)15-6-5-14-10/h3-6,9,13H,1-2H3. The van der Waals surface area contributed by atoms with Crippen molar-refractivity contribution in [3.8, 4) is 5.88 Å². The van der Waals surface area contributed by atoms with E-state index in [4.69, 9.17) is 4.74 Å². The van der Waals surface area contributed by atoms with Crippen LogP contribution >= 0.6 is 27.3 Å². The minimum atomic E-state index is -0.00468. The van der Waals surface area contributed by atoms with Gasteiger partial charge in [0.25, 0.3) is 0 Å². The van der Waals surface area contributed by atoms with Crippen LogP contribution in [-0.4, -0.2) is 24.1 Å². The summed E-state index contributed by atoms with van der Waals surface area (Å²) in [4.78, 5) is 9.68.